The van der Waals surface area contributed by atoms with Crippen molar-refractivity contribution in [3.8, 4) is 0 Å². The molecule has 3 rings (SSSR count). The van der Waals surface area contributed by atoms with Crippen LogP contribution in [-0.4, -0.2) is 20.7 Å². The van der Waals surface area contributed by atoms with Crippen LogP contribution in [0.3, 0.4) is 0 Å². The number of halogens is 3. The number of aryl methyl sites for hydroxylation is 3. The van der Waals surface area contributed by atoms with Gasteiger partial charge in [0.1, 0.15) is 0 Å². The molecule has 27 heavy (non-hydrogen) atoms. The first kappa shape index (κ1) is 18.9. The number of pyridine rings is 1. The van der Waals surface area contributed by atoms with Gasteiger partial charge in [-0.2, -0.15) is 18.3 Å². The van der Waals surface area contributed by atoms with Gasteiger partial charge < -0.3 is 5.32 Å². The summed E-state index contributed by atoms with van der Waals surface area (Å²) in [5.41, 5.74) is 2.03. The predicted octanol–water partition coefficient (Wildman–Crippen LogP) is 4.02. The third-order valence-corrected chi connectivity index (χ3v) is 4.26. The lowest BCUT2D eigenvalue weighted by Gasteiger charge is -2.10. The zero-order valence-electron chi connectivity index (χ0n) is 15.2. The van der Waals surface area contributed by atoms with Gasteiger partial charge in [-0.3, -0.25) is 4.79 Å². The molecule has 0 radical (unpaired) electrons. The lowest BCUT2D eigenvalue weighted by Crippen LogP contribution is -2.23. The highest BCUT2D eigenvalue weighted by atomic mass is 19.4. The number of nitrogens with one attached hydrogen (secondary N) is 1. The average molecular weight is 376 g/mol. The van der Waals surface area contributed by atoms with Crippen molar-refractivity contribution in [2.45, 2.75) is 40.0 Å². The molecular formula is C19H19F3N4O. The number of alkyl halides is 3. The summed E-state index contributed by atoms with van der Waals surface area (Å²) in [4.78, 5) is 17.2. The highest BCUT2D eigenvalue weighted by Crippen LogP contribution is 2.29. The Labute approximate surface area is 154 Å². The second-order valence-electron chi connectivity index (χ2n) is 6.29. The van der Waals surface area contributed by atoms with Gasteiger partial charge in [-0.1, -0.05) is 12.1 Å². The minimum atomic E-state index is -4.42. The minimum Gasteiger partial charge on any atom is -0.348 e. The molecule has 0 fully saturated rings. The standard InChI is InChI=1S/C19H19F3N4O/c1-4-26-17-16(12(3)25-26)15(8-11(2)24-17)18(27)23-10-13-6-5-7-14(9-13)19(20,21)22/h5-9H,4,10H2,1-3H3,(H,23,27). The monoisotopic (exact) mass is 376 g/mol. The quantitative estimate of drug-likeness (QED) is 0.748. The fourth-order valence-corrected chi connectivity index (χ4v) is 3.01. The van der Waals surface area contributed by atoms with Gasteiger partial charge in [0.2, 0.25) is 0 Å². The van der Waals surface area contributed by atoms with Gasteiger partial charge in [0.05, 0.1) is 22.2 Å². The van der Waals surface area contributed by atoms with Gasteiger partial charge in [-0.15, -0.1) is 0 Å². The van der Waals surface area contributed by atoms with Crippen molar-refractivity contribution in [3.63, 3.8) is 0 Å². The first-order valence-electron chi connectivity index (χ1n) is 8.49. The van der Waals surface area contributed by atoms with Gasteiger partial charge in [0.15, 0.2) is 5.65 Å². The zero-order chi connectivity index (χ0) is 19.8. The molecule has 142 valence electrons. The molecule has 3 aromatic rings. The van der Waals surface area contributed by atoms with E-state index in [1.54, 1.807) is 30.7 Å². The smallest absolute Gasteiger partial charge is 0.348 e. The number of nitrogens with zero attached hydrogens (tertiary/aromatic N) is 3. The minimum absolute atomic E-state index is 0.00736. The zero-order valence-corrected chi connectivity index (χ0v) is 15.2. The van der Waals surface area contributed by atoms with Gasteiger partial charge in [0, 0.05) is 18.8 Å². The number of hydrogen-bond donors (Lipinski definition) is 1. The van der Waals surface area contributed by atoms with Crippen molar-refractivity contribution in [2.24, 2.45) is 0 Å². The van der Waals surface area contributed by atoms with Gasteiger partial charge in [-0.05, 0) is 44.5 Å². The van der Waals surface area contributed by atoms with E-state index in [0.717, 1.165) is 12.1 Å². The molecule has 1 amide bonds. The molecule has 0 saturated carbocycles. The van der Waals surface area contributed by atoms with Gasteiger partial charge in [-0.25, -0.2) is 9.67 Å². The number of hydrogen-bond acceptors (Lipinski definition) is 3. The highest BCUT2D eigenvalue weighted by Gasteiger charge is 2.30. The van der Waals surface area contributed by atoms with Crippen LogP contribution in [0.25, 0.3) is 11.0 Å². The summed E-state index contributed by atoms with van der Waals surface area (Å²) in [7, 11) is 0. The summed E-state index contributed by atoms with van der Waals surface area (Å²) >= 11 is 0. The van der Waals surface area contributed by atoms with Crippen molar-refractivity contribution < 1.29 is 18.0 Å². The van der Waals surface area contributed by atoms with Crippen LogP contribution in [0, 0.1) is 13.8 Å². The number of carbonyl (C=O) groups is 1. The fraction of sp³-hybridized carbons (Fsp3) is 0.316. The van der Waals surface area contributed by atoms with Crippen LogP contribution in [0.2, 0.25) is 0 Å². The van der Waals surface area contributed by atoms with Crippen molar-refractivity contribution in [1.82, 2.24) is 20.1 Å². The Balaban J connectivity index is 1.88. The van der Waals surface area contributed by atoms with Crippen molar-refractivity contribution in [1.29, 1.82) is 0 Å². The lowest BCUT2D eigenvalue weighted by molar-refractivity contribution is -0.137. The molecule has 0 unspecified atom stereocenters. The summed E-state index contributed by atoms with van der Waals surface area (Å²) in [6.45, 7) is 6.13. The van der Waals surface area contributed by atoms with E-state index in [1.807, 2.05) is 6.92 Å². The summed E-state index contributed by atoms with van der Waals surface area (Å²) in [5.74, 6) is -0.373. The number of benzene rings is 1. The Kier molecular flexibility index (Phi) is 4.91. The molecule has 0 spiro atoms. The fourth-order valence-electron chi connectivity index (χ4n) is 3.01. The SMILES string of the molecule is CCn1nc(C)c2c(C(=O)NCc3cccc(C(F)(F)F)c3)cc(C)nc21. The van der Waals surface area contributed by atoms with E-state index in [2.05, 4.69) is 15.4 Å². The Bertz CT molecular complexity index is 1010. The summed E-state index contributed by atoms with van der Waals surface area (Å²) in [6.07, 6.45) is -4.42. The Morgan fingerprint density at radius 2 is 1.96 bits per heavy atom. The maximum absolute atomic E-state index is 12.8. The topological polar surface area (TPSA) is 59.8 Å². The number of rotatable bonds is 4. The van der Waals surface area contributed by atoms with Crippen LogP contribution in [0.4, 0.5) is 13.2 Å². The molecule has 0 saturated heterocycles. The van der Waals surface area contributed by atoms with Crippen LogP contribution in [0.5, 0.6) is 0 Å². The molecule has 0 atom stereocenters. The van der Waals surface area contributed by atoms with Crippen LogP contribution in [-0.2, 0) is 19.3 Å². The molecule has 1 aromatic carbocycles. The van der Waals surface area contributed by atoms with E-state index in [0.29, 0.717) is 40.1 Å². The lowest BCUT2D eigenvalue weighted by atomic mass is 10.1. The normalized spacial score (nSPS) is 11.8. The Morgan fingerprint density at radius 1 is 1.22 bits per heavy atom. The molecule has 2 heterocycles. The molecule has 0 aliphatic rings. The maximum atomic E-state index is 12.8. The Hall–Kier alpha value is -2.90. The third kappa shape index (κ3) is 3.79. The van der Waals surface area contributed by atoms with E-state index in [9.17, 15) is 18.0 Å². The van der Waals surface area contributed by atoms with Crippen LogP contribution in [0.15, 0.2) is 30.3 Å². The third-order valence-electron chi connectivity index (χ3n) is 4.26. The highest BCUT2D eigenvalue weighted by molar-refractivity contribution is 6.06. The number of aromatic nitrogens is 3. The van der Waals surface area contributed by atoms with Gasteiger partial charge in [0.25, 0.3) is 5.91 Å². The molecule has 5 nitrogen and oxygen atoms in total. The van der Waals surface area contributed by atoms with Crippen LogP contribution < -0.4 is 5.32 Å². The number of carbonyl (C=O) groups excluding carboxylic acids is 1. The number of amides is 1. The first-order chi connectivity index (χ1) is 12.7. The second-order valence-corrected chi connectivity index (χ2v) is 6.29. The molecule has 0 aliphatic carbocycles. The predicted molar refractivity (Wildman–Crippen MR) is 95.3 cm³/mol. The summed E-state index contributed by atoms with van der Waals surface area (Å²) in [5, 5.41) is 7.75. The van der Waals surface area contributed by atoms with Crippen LogP contribution in [0.1, 0.15) is 39.8 Å². The maximum Gasteiger partial charge on any atom is 0.416 e. The van der Waals surface area contributed by atoms with Crippen molar-refractivity contribution in [2.75, 3.05) is 0 Å². The van der Waals surface area contributed by atoms with E-state index < -0.39 is 11.7 Å². The molecular weight excluding hydrogens is 357 g/mol. The molecule has 1 N–H and O–H groups in total. The second kappa shape index (κ2) is 7.02. The Morgan fingerprint density at radius 3 is 2.63 bits per heavy atom. The summed E-state index contributed by atoms with van der Waals surface area (Å²) in [6, 6.07) is 6.58. The average Bonchev–Trinajstić information content (AvgIpc) is 2.94. The van der Waals surface area contributed by atoms with Gasteiger partial charge >= 0.3 is 6.18 Å². The van der Waals surface area contributed by atoms with Crippen LogP contribution >= 0.6 is 0 Å². The molecule has 0 aliphatic heterocycles. The van der Waals surface area contributed by atoms with Crippen molar-refractivity contribution in [3.05, 3.63) is 58.4 Å². The van der Waals surface area contributed by atoms with E-state index in [1.165, 1.54) is 6.07 Å². The molecule has 8 heteroatoms. The largest absolute Gasteiger partial charge is 0.416 e. The first-order valence-corrected chi connectivity index (χ1v) is 8.49. The van der Waals surface area contributed by atoms with E-state index in [-0.39, 0.29) is 12.5 Å². The van der Waals surface area contributed by atoms with Crippen molar-refractivity contribution >= 4 is 16.9 Å². The summed E-state index contributed by atoms with van der Waals surface area (Å²) < 4.78 is 40.2. The number of fused-ring (bicyclic) bond motifs is 1. The molecule has 0 bridgehead atoms. The van der Waals surface area contributed by atoms with E-state index in [4.69, 9.17) is 0 Å². The van der Waals surface area contributed by atoms with E-state index >= 15 is 0 Å². The molecule has 2 aromatic heterocycles.